The first-order valence-electron chi connectivity index (χ1n) is 3.75. The van der Waals surface area contributed by atoms with E-state index in [9.17, 15) is 4.39 Å². The molecule has 1 aromatic rings. The van der Waals surface area contributed by atoms with Crippen LogP contribution in [0, 0.1) is 17.1 Å². The largest absolute Gasteiger partial charge is 0.394 e. The van der Waals surface area contributed by atoms with Gasteiger partial charge in [0.2, 0.25) is 0 Å². The fourth-order valence-corrected chi connectivity index (χ4v) is 1.02. The standard InChI is InChI=1S/C9H9FN2O/c10-9-6(4-11)2-1-3-7(9)8(12)5-13/h1-3,8,13H,5,12H2/t8-/m1/s1. The Morgan fingerprint density at radius 1 is 1.62 bits per heavy atom. The van der Waals surface area contributed by atoms with Crippen molar-refractivity contribution in [2.45, 2.75) is 6.04 Å². The highest BCUT2D eigenvalue weighted by Crippen LogP contribution is 2.17. The van der Waals surface area contributed by atoms with Crippen LogP contribution < -0.4 is 5.73 Å². The third-order valence-electron chi connectivity index (χ3n) is 1.75. The van der Waals surface area contributed by atoms with Crippen LogP contribution in [0.4, 0.5) is 4.39 Å². The Morgan fingerprint density at radius 2 is 2.31 bits per heavy atom. The minimum absolute atomic E-state index is 0.0543. The molecule has 0 spiro atoms. The third-order valence-corrected chi connectivity index (χ3v) is 1.75. The summed E-state index contributed by atoms with van der Waals surface area (Å²) in [4.78, 5) is 0. The van der Waals surface area contributed by atoms with Gasteiger partial charge in [-0.15, -0.1) is 0 Å². The topological polar surface area (TPSA) is 70.0 Å². The molecule has 3 N–H and O–H groups in total. The summed E-state index contributed by atoms with van der Waals surface area (Å²) in [5, 5.41) is 17.2. The molecule has 0 aliphatic carbocycles. The van der Waals surface area contributed by atoms with Crippen LogP contribution >= 0.6 is 0 Å². The van der Waals surface area contributed by atoms with Gasteiger partial charge in [-0.1, -0.05) is 12.1 Å². The molecule has 0 unspecified atom stereocenters. The molecule has 0 radical (unpaired) electrons. The quantitative estimate of drug-likeness (QED) is 0.703. The molecule has 1 rings (SSSR count). The lowest BCUT2D eigenvalue weighted by molar-refractivity contribution is 0.265. The van der Waals surface area contributed by atoms with E-state index in [2.05, 4.69) is 0 Å². The third kappa shape index (κ3) is 1.83. The second-order valence-corrected chi connectivity index (χ2v) is 2.61. The van der Waals surface area contributed by atoms with Crippen molar-refractivity contribution in [3.8, 4) is 6.07 Å². The Balaban J connectivity index is 3.17. The van der Waals surface area contributed by atoms with Crippen LogP contribution in [-0.4, -0.2) is 11.7 Å². The molecular formula is C9H9FN2O. The van der Waals surface area contributed by atoms with Gasteiger partial charge in [-0.2, -0.15) is 5.26 Å². The highest BCUT2D eigenvalue weighted by atomic mass is 19.1. The van der Waals surface area contributed by atoms with Crippen LogP contribution in [0.1, 0.15) is 17.2 Å². The van der Waals surface area contributed by atoms with Gasteiger partial charge in [0.15, 0.2) is 0 Å². The predicted molar refractivity (Wildman–Crippen MR) is 45.1 cm³/mol. The second-order valence-electron chi connectivity index (χ2n) is 2.61. The molecule has 68 valence electrons. The highest BCUT2D eigenvalue weighted by Gasteiger charge is 2.12. The molecule has 3 nitrogen and oxygen atoms in total. The van der Waals surface area contributed by atoms with Crippen molar-refractivity contribution < 1.29 is 9.50 Å². The Kier molecular flexibility index (Phi) is 2.96. The summed E-state index contributed by atoms with van der Waals surface area (Å²) in [6.45, 7) is -0.341. The van der Waals surface area contributed by atoms with Crippen LogP contribution in [0.3, 0.4) is 0 Å². The number of aliphatic hydroxyl groups excluding tert-OH is 1. The minimum Gasteiger partial charge on any atom is -0.394 e. The van der Waals surface area contributed by atoms with E-state index in [-0.39, 0.29) is 17.7 Å². The number of nitrogens with zero attached hydrogens (tertiary/aromatic N) is 1. The van der Waals surface area contributed by atoms with Crippen molar-refractivity contribution in [2.24, 2.45) is 5.73 Å². The van der Waals surface area contributed by atoms with Gasteiger partial charge in [0.1, 0.15) is 11.9 Å². The van der Waals surface area contributed by atoms with E-state index in [4.69, 9.17) is 16.1 Å². The average molecular weight is 180 g/mol. The van der Waals surface area contributed by atoms with E-state index in [1.54, 1.807) is 6.07 Å². The van der Waals surface area contributed by atoms with Gasteiger partial charge >= 0.3 is 0 Å². The van der Waals surface area contributed by atoms with Gasteiger partial charge in [0, 0.05) is 5.56 Å². The lowest BCUT2D eigenvalue weighted by atomic mass is 10.0. The normalized spacial score (nSPS) is 12.2. The monoisotopic (exact) mass is 180 g/mol. The molecule has 0 saturated heterocycles. The number of hydrogen-bond acceptors (Lipinski definition) is 3. The second kappa shape index (κ2) is 3.99. The van der Waals surface area contributed by atoms with Crippen molar-refractivity contribution >= 4 is 0 Å². The number of nitriles is 1. The fraction of sp³-hybridized carbons (Fsp3) is 0.222. The van der Waals surface area contributed by atoms with Gasteiger partial charge in [-0.3, -0.25) is 0 Å². The molecule has 0 aromatic heterocycles. The Bertz CT molecular complexity index is 346. The van der Waals surface area contributed by atoms with Gasteiger partial charge in [-0.25, -0.2) is 4.39 Å². The molecular weight excluding hydrogens is 171 g/mol. The van der Waals surface area contributed by atoms with Crippen molar-refractivity contribution in [1.29, 1.82) is 5.26 Å². The Labute approximate surface area is 75.2 Å². The maximum atomic E-state index is 13.3. The summed E-state index contributed by atoms with van der Waals surface area (Å²) >= 11 is 0. The average Bonchev–Trinajstić information content (AvgIpc) is 2.17. The maximum absolute atomic E-state index is 13.3. The van der Waals surface area contributed by atoms with E-state index >= 15 is 0 Å². The molecule has 0 amide bonds. The van der Waals surface area contributed by atoms with Gasteiger partial charge < -0.3 is 10.8 Å². The smallest absolute Gasteiger partial charge is 0.145 e. The van der Waals surface area contributed by atoms with Crippen molar-refractivity contribution in [3.05, 3.63) is 35.1 Å². The summed E-state index contributed by atoms with van der Waals surface area (Å²) < 4.78 is 13.3. The fourth-order valence-electron chi connectivity index (χ4n) is 1.02. The van der Waals surface area contributed by atoms with Crippen molar-refractivity contribution in [3.63, 3.8) is 0 Å². The highest BCUT2D eigenvalue weighted by molar-refractivity contribution is 5.36. The molecule has 0 bridgehead atoms. The van der Waals surface area contributed by atoms with Gasteiger partial charge in [-0.05, 0) is 6.07 Å². The first-order valence-corrected chi connectivity index (χ1v) is 3.75. The zero-order valence-corrected chi connectivity index (χ0v) is 6.87. The van der Waals surface area contributed by atoms with Crippen molar-refractivity contribution in [1.82, 2.24) is 0 Å². The van der Waals surface area contributed by atoms with Crippen LogP contribution in [0.2, 0.25) is 0 Å². The molecule has 0 saturated carbocycles. The van der Waals surface area contributed by atoms with E-state index in [0.29, 0.717) is 0 Å². The molecule has 4 heteroatoms. The summed E-state index contributed by atoms with van der Waals surface area (Å²) in [5.74, 6) is -0.647. The summed E-state index contributed by atoms with van der Waals surface area (Å²) in [6, 6.07) is 5.29. The summed E-state index contributed by atoms with van der Waals surface area (Å²) in [7, 11) is 0. The Hall–Kier alpha value is -1.44. The first kappa shape index (κ1) is 9.65. The van der Waals surface area contributed by atoms with Crippen molar-refractivity contribution in [2.75, 3.05) is 6.61 Å². The number of nitrogens with two attached hydrogens (primary N) is 1. The lowest BCUT2D eigenvalue weighted by Gasteiger charge is -2.09. The first-order chi connectivity index (χ1) is 6.20. The minimum atomic E-state index is -0.770. The van der Waals surface area contributed by atoms with E-state index in [1.807, 2.05) is 0 Å². The molecule has 1 atom stereocenters. The SMILES string of the molecule is N#Cc1cccc([C@H](N)CO)c1F. The van der Waals surface area contributed by atoms with Gasteiger partial charge in [0.25, 0.3) is 0 Å². The van der Waals surface area contributed by atoms with Crippen LogP contribution in [0.25, 0.3) is 0 Å². The summed E-state index contributed by atoms with van der Waals surface area (Å²) in [5.41, 5.74) is 5.53. The molecule has 13 heavy (non-hydrogen) atoms. The molecule has 0 aliphatic heterocycles. The van der Waals surface area contributed by atoms with E-state index < -0.39 is 11.9 Å². The van der Waals surface area contributed by atoms with Crippen LogP contribution in [0.5, 0.6) is 0 Å². The number of hydrogen-bond donors (Lipinski definition) is 2. The molecule has 0 heterocycles. The Morgan fingerprint density at radius 3 is 2.85 bits per heavy atom. The molecule has 0 aliphatic rings. The zero-order chi connectivity index (χ0) is 9.84. The van der Waals surface area contributed by atoms with Gasteiger partial charge in [0.05, 0.1) is 18.2 Å². The number of benzene rings is 1. The molecule has 1 aromatic carbocycles. The predicted octanol–water partition coefficient (Wildman–Crippen LogP) is 0.689. The zero-order valence-electron chi connectivity index (χ0n) is 6.87. The van der Waals surface area contributed by atoms with Crippen LogP contribution in [-0.2, 0) is 0 Å². The van der Waals surface area contributed by atoms with E-state index in [0.717, 1.165) is 0 Å². The molecule has 0 fully saturated rings. The van der Waals surface area contributed by atoms with E-state index in [1.165, 1.54) is 18.2 Å². The number of halogens is 1. The van der Waals surface area contributed by atoms with Crippen LogP contribution in [0.15, 0.2) is 18.2 Å². The lowest BCUT2D eigenvalue weighted by Crippen LogP contribution is -2.16. The number of rotatable bonds is 2. The summed E-state index contributed by atoms with van der Waals surface area (Å²) in [6.07, 6.45) is 0. The number of aliphatic hydroxyl groups is 1. The maximum Gasteiger partial charge on any atom is 0.145 e.